The fraction of sp³-hybridized carbons (Fsp3) is 0.154. The maximum absolute atomic E-state index is 12.3. The Morgan fingerprint density at radius 3 is 2.11 bits per heavy atom. The summed E-state index contributed by atoms with van der Waals surface area (Å²) in [5.41, 5.74) is 5.94. The van der Waals surface area contributed by atoms with E-state index in [1.54, 1.807) is 48.5 Å². The summed E-state index contributed by atoms with van der Waals surface area (Å²) in [5, 5.41) is 9.13. The Morgan fingerprint density at radius 1 is 0.889 bits per heavy atom. The highest BCUT2D eigenvalue weighted by atomic mass is 79.9. The molecule has 0 saturated heterocycles. The molecule has 3 rings (SSSR count). The van der Waals surface area contributed by atoms with Gasteiger partial charge in [-0.15, -0.1) is 0 Å². The van der Waals surface area contributed by atoms with E-state index in [0.29, 0.717) is 22.7 Å². The first-order valence-electron chi connectivity index (χ1n) is 10.8. The van der Waals surface area contributed by atoms with Crippen molar-refractivity contribution in [2.24, 2.45) is 5.10 Å². The number of methoxy groups -OCH3 is 1. The Hall–Kier alpha value is -4.18. The summed E-state index contributed by atoms with van der Waals surface area (Å²) in [6.07, 6.45) is 1.38. The lowest BCUT2D eigenvalue weighted by molar-refractivity contribution is -0.136. The fourth-order valence-electron chi connectivity index (χ4n) is 3.16. The molecule has 0 atom stereocenters. The van der Waals surface area contributed by atoms with Crippen LogP contribution in [0.15, 0.2) is 70.2 Å². The van der Waals surface area contributed by atoms with Crippen molar-refractivity contribution < 1.29 is 23.9 Å². The van der Waals surface area contributed by atoms with Crippen LogP contribution in [0, 0.1) is 13.8 Å². The number of halogens is 1. The van der Waals surface area contributed by atoms with Gasteiger partial charge in [-0.2, -0.15) is 5.10 Å². The minimum absolute atomic E-state index is 0.151. The van der Waals surface area contributed by atoms with Crippen molar-refractivity contribution in [1.29, 1.82) is 0 Å². The second-order valence-corrected chi connectivity index (χ2v) is 8.62. The standard InChI is InChI=1S/C26H25BrN4O5/c1-16-12-19(27)13-17(2)24(16)30-23(32)15-36-22-8-4-18(5-9-22)14-28-31-26(34)25(33)29-20-6-10-21(35-3)11-7-20/h4-14H,15H2,1-3H3,(H,29,33)(H,30,32)(H,31,34)/b28-14-. The molecule has 0 bridgehead atoms. The van der Waals surface area contributed by atoms with Crippen LogP contribution in [0.1, 0.15) is 16.7 Å². The summed E-state index contributed by atoms with van der Waals surface area (Å²) < 4.78 is 11.5. The largest absolute Gasteiger partial charge is 0.497 e. The van der Waals surface area contributed by atoms with Crippen LogP contribution in [0.3, 0.4) is 0 Å². The molecule has 0 aromatic heterocycles. The lowest BCUT2D eigenvalue weighted by atomic mass is 10.1. The number of benzene rings is 3. The molecular formula is C26H25BrN4O5. The van der Waals surface area contributed by atoms with Crippen molar-refractivity contribution in [1.82, 2.24) is 5.43 Å². The highest BCUT2D eigenvalue weighted by Gasteiger charge is 2.13. The van der Waals surface area contributed by atoms with Crippen molar-refractivity contribution >= 4 is 51.2 Å². The molecule has 3 amide bonds. The zero-order valence-electron chi connectivity index (χ0n) is 19.9. The number of anilines is 2. The Kier molecular flexibility index (Phi) is 9.18. The minimum atomic E-state index is -0.913. The molecule has 0 aliphatic carbocycles. The van der Waals surface area contributed by atoms with Gasteiger partial charge in [-0.1, -0.05) is 15.9 Å². The molecule has 36 heavy (non-hydrogen) atoms. The SMILES string of the molecule is COc1ccc(NC(=O)C(=O)N/N=C\c2ccc(OCC(=O)Nc3c(C)cc(Br)cc3C)cc2)cc1. The number of rotatable bonds is 8. The van der Waals surface area contributed by atoms with Gasteiger partial charge in [0, 0.05) is 15.8 Å². The first-order valence-corrected chi connectivity index (χ1v) is 11.6. The maximum Gasteiger partial charge on any atom is 0.329 e. The van der Waals surface area contributed by atoms with Crippen LogP contribution in [0.5, 0.6) is 11.5 Å². The van der Waals surface area contributed by atoms with Gasteiger partial charge < -0.3 is 20.1 Å². The van der Waals surface area contributed by atoms with Gasteiger partial charge in [0.1, 0.15) is 11.5 Å². The van der Waals surface area contributed by atoms with E-state index >= 15 is 0 Å². The molecule has 9 nitrogen and oxygen atoms in total. The van der Waals surface area contributed by atoms with E-state index < -0.39 is 11.8 Å². The van der Waals surface area contributed by atoms with Gasteiger partial charge in [0.15, 0.2) is 6.61 Å². The van der Waals surface area contributed by atoms with Gasteiger partial charge in [-0.05, 0) is 91.2 Å². The predicted octanol–water partition coefficient (Wildman–Crippen LogP) is 4.18. The summed E-state index contributed by atoms with van der Waals surface area (Å²) in [4.78, 5) is 36.2. The van der Waals surface area contributed by atoms with Crippen LogP contribution >= 0.6 is 15.9 Å². The third kappa shape index (κ3) is 7.67. The molecule has 3 aromatic rings. The maximum atomic E-state index is 12.3. The fourth-order valence-corrected chi connectivity index (χ4v) is 3.85. The van der Waals surface area contributed by atoms with Gasteiger partial charge in [0.2, 0.25) is 0 Å². The average molecular weight is 553 g/mol. The molecule has 10 heteroatoms. The topological polar surface area (TPSA) is 118 Å². The first-order chi connectivity index (χ1) is 17.2. The number of carbonyl (C=O) groups is 3. The molecule has 0 aliphatic rings. The average Bonchev–Trinajstić information content (AvgIpc) is 2.86. The molecule has 0 saturated carbocycles. The summed E-state index contributed by atoms with van der Waals surface area (Å²) in [5.74, 6) is -0.913. The Labute approximate surface area is 217 Å². The first kappa shape index (κ1) is 26.4. The molecule has 0 aliphatic heterocycles. The van der Waals surface area contributed by atoms with E-state index in [1.165, 1.54) is 13.3 Å². The second-order valence-electron chi connectivity index (χ2n) is 7.70. The lowest BCUT2D eigenvalue weighted by Crippen LogP contribution is -2.32. The lowest BCUT2D eigenvalue weighted by Gasteiger charge is -2.13. The van der Waals surface area contributed by atoms with Gasteiger partial charge in [0.05, 0.1) is 13.3 Å². The number of amides is 3. The summed E-state index contributed by atoms with van der Waals surface area (Å²) >= 11 is 3.44. The van der Waals surface area contributed by atoms with Gasteiger partial charge in [0.25, 0.3) is 5.91 Å². The number of nitrogens with one attached hydrogen (secondary N) is 3. The van der Waals surface area contributed by atoms with Gasteiger partial charge >= 0.3 is 11.8 Å². The molecule has 0 unspecified atom stereocenters. The van der Waals surface area contributed by atoms with Crippen LogP contribution in [0.2, 0.25) is 0 Å². The number of ether oxygens (including phenoxy) is 2. The molecule has 0 spiro atoms. The zero-order valence-corrected chi connectivity index (χ0v) is 21.5. The predicted molar refractivity (Wildman–Crippen MR) is 142 cm³/mol. The van der Waals surface area contributed by atoms with Gasteiger partial charge in [-0.25, -0.2) is 5.43 Å². The number of hydrogen-bond acceptors (Lipinski definition) is 6. The highest BCUT2D eigenvalue weighted by molar-refractivity contribution is 9.10. The van der Waals surface area contributed by atoms with Crippen molar-refractivity contribution in [3.05, 3.63) is 81.8 Å². The van der Waals surface area contributed by atoms with E-state index in [0.717, 1.165) is 21.3 Å². The molecule has 0 radical (unpaired) electrons. The molecule has 0 fully saturated rings. The zero-order chi connectivity index (χ0) is 26.1. The van der Waals surface area contributed by atoms with E-state index in [-0.39, 0.29) is 12.5 Å². The third-order valence-corrected chi connectivity index (χ3v) is 5.40. The summed E-state index contributed by atoms with van der Waals surface area (Å²) in [6, 6.07) is 17.1. The number of aryl methyl sites for hydroxylation is 2. The van der Waals surface area contributed by atoms with Crippen molar-refractivity contribution in [2.75, 3.05) is 24.4 Å². The van der Waals surface area contributed by atoms with Crippen LogP contribution in [0.25, 0.3) is 0 Å². The summed E-state index contributed by atoms with van der Waals surface area (Å²) in [7, 11) is 1.53. The minimum Gasteiger partial charge on any atom is -0.497 e. The van der Waals surface area contributed by atoms with Crippen LogP contribution < -0.4 is 25.5 Å². The molecular weight excluding hydrogens is 528 g/mol. The molecule has 3 N–H and O–H groups in total. The Bertz CT molecular complexity index is 1250. The molecule has 3 aromatic carbocycles. The van der Waals surface area contributed by atoms with Crippen molar-refractivity contribution in [2.45, 2.75) is 13.8 Å². The number of hydrazone groups is 1. The van der Waals surface area contributed by atoms with E-state index in [9.17, 15) is 14.4 Å². The third-order valence-electron chi connectivity index (χ3n) is 4.95. The highest BCUT2D eigenvalue weighted by Crippen LogP contribution is 2.25. The van der Waals surface area contributed by atoms with Gasteiger partial charge in [-0.3, -0.25) is 14.4 Å². The van der Waals surface area contributed by atoms with Crippen molar-refractivity contribution in [3.8, 4) is 11.5 Å². The number of hydrogen-bond donors (Lipinski definition) is 3. The van der Waals surface area contributed by atoms with E-state index in [2.05, 4.69) is 37.1 Å². The number of carbonyl (C=O) groups excluding carboxylic acids is 3. The van der Waals surface area contributed by atoms with Crippen molar-refractivity contribution in [3.63, 3.8) is 0 Å². The second kappa shape index (κ2) is 12.5. The van der Waals surface area contributed by atoms with Crippen LogP contribution in [0.4, 0.5) is 11.4 Å². The summed E-state index contributed by atoms with van der Waals surface area (Å²) in [6.45, 7) is 3.69. The van der Waals surface area contributed by atoms with E-state index in [4.69, 9.17) is 9.47 Å². The Balaban J connectivity index is 1.45. The molecule has 186 valence electrons. The number of nitrogens with zero attached hydrogens (tertiary/aromatic N) is 1. The quantitative estimate of drug-likeness (QED) is 0.220. The normalized spacial score (nSPS) is 10.6. The van der Waals surface area contributed by atoms with E-state index in [1.807, 2.05) is 26.0 Å². The van der Waals surface area contributed by atoms with Crippen LogP contribution in [-0.2, 0) is 14.4 Å². The van der Waals surface area contributed by atoms with Crippen LogP contribution in [-0.4, -0.2) is 37.7 Å². The molecule has 0 heterocycles. The monoisotopic (exact) mass is 552 g/mol. The smallest absolute Gasteiger partial charge is 0.329 e. The Morgan fingerprint density at radius 2 is 1.50 bits per heavy atom.